The molecule has 0 atom stereocenters. The fourth-order valence-corrected chi connectivity index (χ4v) is 11.4. The number of fused-ring (bicyclic) bond motifs is 10. The fraction of sp³-hybridized carbons (Fsp3) is 0.148. The lowest BCUT2D eigenvalue weighted by Gasteiger charge is -2.29. The van der Waals surface area contributed by atoms with E-state index >= 15 is 0 Å². The molecule has 0 amide bonds. The lowest BCUT2D eigenvalue weighted by atomic mass is 9.81. The molecular formula is C61H50N2. The summed E-state index contributed by atoms with van der Waals surface area (Å²) in [7, 11) is 0. The van der Waals surface area contributed by atoms with Crippen LogP contribution >= 0.6 is 0 Å². The van der Waals surface area contributed by atoms with Gasteiger partial charge in [0.05, 0.1) is 0 Å². The van der Waals surface area contributed by atoms with Crippen molar-refractivity contribution in [3.05, 3.63) is 228 Å². The van der Waals surface area contributed by atoms with E-state index in [1.165, 1.54) is 94.6 Å². The van der Waals surface area contributed by atoms with E-state index in [2.05, 4.69) is 245 Å². The minimum absolute atomic E-state index is 0.0859. The molecule has 3 aliphatic carbocycles. The van der Waals surface area contributed by atoms with Crippen LogP contribution in [0.3, 0.4) is 0 Å². The van der Waals surface area contributed by atoms with Crippen molar-refractivity contribution in [2.24, 2.45) is 0 Å². The molecule has 0 spiro atoms. The maximum absolute atomic E-state index is 2.47. The Hall–Kier alpha value is -7.16. The van der Waals surface area contributed by atoms with Gasteiger partial charge in [0.1, 0.15) is 0 Å². The normalized spacial score (nSPS) is 15.2. The summed E-state index contributed by atoms with van der Waals surface area (Å²) in [5.41, 5.74) is 22.8. The number of benzene rings is 9. The zero-order chi connectivity index (χ0) is 42.8. The topological polar surface area (TPSA) is 6.48 Å². The van der Waals surface area contributed by atoms with E-state index in [0.29, 0.717) is 0 Å². The van der Waals surface area contributed by atoms with Crippen LogP contribution in [0.15, 0.2) is 194 Å². The maximum atomic E-state index is 2.47. The van der Waals surface area contributed by atoms with Gasteiger partial charge in [-0.3, -0.25) is 0 Å². The summed E-state index contributed by atoms with van der Waals surface area (Å²) in [6, 6.07) is 72.7. The minimum Gasteiger partial charge on any atom is -0.310 e. The second-order valence-corrected chi connectivity index (χ2v) is 19.4. The van der Waals surface area contributed by atoms with Gasteiger partial charge in [-0.1, -0.05) is 151 Å². The highest BCUT2D eigenvalue weighted by atomic mass is 15.1. The third-order valence-electron chi connectivity index (χ3n) is 14.8. The molecule has 0 aliphatic heterocycles. The lowest BCUT2D eigenvalue weighted by molar-refractivity contribution is 0.660. The van der Waals surface area contributed by atoms with Gasteiger partial charge >= 0.3 is 0 Å². The standard InChI is InChI=1S/C61H50N2/c1-59(2)53-23-15-13-21-47(53)49-30-27-44(36-56(49)59)62(41-17-9-7-10-18-41)43-26-25-39-34-52-51-32-29-46(38-58(51)61(5,6)55(52)35-40(39)33-43)63(42-19-11-8-12-20-42)45-28-31-50-48-22-14-16-24-54(48)60(3,4)57(50)37-45/h7-38H,1-6H3. The van der Waals surface area contributed by atoms with Crippen molar-refractivity contribution in [3.63, 3.8) is 0 Å². The molecule has 2 nitrogen and oxygen atoms in total. The molecule has 0 N–H and O–H groups in total. The van der Waals surface area contributed by atoms with Crippen LogP contribution < -0.4 is 9.80 Å². The van der Waals surface area contributed by atoms with E-state index in [9.17, 15) is 0 Å². The van der Waals surface area contributed by atoms with Gasteiger partial charge in [-0.05, 0) is 162 Å². The zero-order valence-electron chi connectivity index (χ0n) is 36.9. The van der Waals surface area contributed by atoms with Gasteiger partial charge < -0.3 is 9.80 Å². The van der Waals surface area contributed by atoms with Crippen LogP contribution in [0.5, 0.6) is 0 Å². The lowest BCUT2D eigenvalue weighted by Crippen LogP contribution is -2.18. The van der Waals surface area contributed by atoms with Crippen molar-refractivity contribution in [1.29, 1.82) is 0 Å². The van der Waals surface area contributed by atoms with Crippen molar-refractivity contribution >= 4 is 44.9 Å². The Morgan fingerprint density at radius 2 is 0.587 bits per heavy atom. The SMILES string of the molecule is CC1(C)c2ccccc2-c2ccc(N(c3ccccc3)c3ccc4c(c3)C(C)(C)c3cc5cc(N(c6ccccc6)c6ccc7c(c6)C(C)(C)c6ccccc6-7)ccc5cc3-4)cc21. The number of nitrogens with zero attached hydrogens (tertiary/aromatic N) is 2. The Balaban J connectivity index is 0.947. The van der Waals surface area contributed by atoms with Crippen molar-refractivity contribution in [2.75, 3.05) is 9.80 Å². The van der Waals surface area contributed by atoms with Crippen LogP contribution in [0, 0.1) is 0 Å². The molecule has 0 radical (unpaired) electrons. The van der Waals surface area contributed by atoms with Gasteiger partial charge in [-0.25, -0.2) is 0 Å². The van der Waals surface area contributed by atoms with Crippen LogP contribution in [-0.4, -0.2) is 0 Å². The molecule has 9 aromatic rings. The van der Waals surface area contributed by atoms with Gasteiger partial charge in [0.25, 0.3) is 0 Å². The number of hydrogen-bond donors (Lipinski definition) is 0. The fourth-order valence-electron chi connectivity index (χ4n) is 11.4. The molecule has 304 valence electrons. The van der Waals surface area contributed by atoms with Crippen LogP contribution in [0.4, 0.5) is 34.1 Å². The number of para-hydroxylation sites is 2. The van der Waals surface area contributed by atoms with E-state index in [-0.39, 0.29) is 16.2 Å². The van der Waals surface area contributed by atoms with E-state index in [0.717, 1.165) is 17.1 Å². The molecule has 9 aromatic carbocycles. The molecule has 0 heterocycles. The highest BCUT2D eigenvalue weighted by Gasteiger charge is 2.39. The average molecular weight is 811 g/mol. The summed E-state index contributed by atoms with van der Waals surface area (Å²) < 4.78 is 0. The molecular weight excluding hydrogens is 761 g/mol. The molecule has 0 fully saturated rings. The summed E-state index contributed by atoms with van der Waals surface area (Å²) in [5, 5.41) is 2.49. The molecule has 0 aromatic heterocycles. The Kier molecular flexibility index (Phi) is 8.01. The molecule has 63 heavy (non-hydrogen) atoms. The monoisotopic (exact) mass is 810 g/mol. The van der Waals surface area contributed by atoms with Gasteiger partial charge in [0, 0.05) is 50.4 Å². The van der Waals surface area contributed by atoms with Crippen LogP contribution in [0.2, 0.25) is 0 Å². The summed E-state index contributed by atoms with van der Waals surface area (Å²) in [6.45, 7) is 14.3. The summed E-state index contributed by atoms with van der Waals surface area (Å²) in [4.78, 5) is 4.87. The molecule has 2 heteroatoms. The first-order chi connectivity index (χ1) is 30.5. The Morgan fingerprint density at radius 1 is 0.238 bits per heavy atom. The third kappa shape index (κ3) is 5.50. The van der Waals surface area contributed by atoms with Crippen molar-refractivity contribution in [1.82, 2.24) is 0 Å². The zero-order valence-corrected chi connectivity index (χ0v) is 36.9. The second-order valence-electron chi connectivity index (χ2n) is 19.4. The molecule has 0 unspecified atom stereocenters. The van der Waals surface area contributed by atoms with Crippen molar-refractivity contribution in [2.45, 2.75) is 57.8 Å². The van der Waals surface area contributed by atoms with Gasteiger partial charge in [0.2, 0.25) is 0 Å². The summed E-state index contributed by atoms with van der Waals surface area (Å²) in [6.07, 6.45) is 0. The minimum atomic E-state index is -0.214. The first-order valence-electron chi connectivity index (χ1n) is 22.4. The van der Waals surface area contributed by atoms with E-state index in [4.69, 9.17) is 0 Å². The van der Waals surface area contributed by atoms with Crippen molar-refractivity contribution in [3.8, 4) is 33.4 Å². The average Bonchev–Trinajstić information content (AvgIpc) is 3.78. The van der Waals surface area contributed by atoms with Crippen LogP contribution in [-0.2, 0) is 16.2 Å². The predicted octanol–water partition coefficient (Wildman–Crippen LogP) is 16.7. The maximum Gasteiger partial charge on any atom is 0.0468 e. The largest absolute Gasteiger partial charge is 0.310 e. The molecule has 0 saturated heterocycles. The highest BCUT2D eigenvalue weighted by Crippen LogP contribution is 2.55. The first-order valence-corrected chi connectivity index (χ1v) is 22.4. The van der Waals surface area contributed by atoms with Crippen LogP contribution in [0.25, 0.3) is 44.2 Å². The first kappa shape index (κ1) is 37.6. The van der Waals surface area contributed by atoms with Crippen molar-refractivity contribution < 1.29 is 0 Å². The molecule has 0 saturated carbocycles. The van der Waals surface area contributed by atoms with Gasteiger partial charge in [-0.15, -0.1) is 0 Å². The highest BCUT2D eigenvalue weighted by molar-refractivity contribution is 5.97. The van der Waals surface area contributed by atoms with Gasteiger partial charge in [0.15, 0.2) is 0 Å². The quantitative estimate of drug-likeness (QED) is 0.165. The summed E-state index contributed by atoms with van der Waals surface area (Å²) in [5.74, 6) is 0. The summed E-state index contributed by atoms with van der Waals surface area (Å²) >= 11 is 0. The molecule has 3 aliphatic rings. The van der Waals surface area contributed by atoms with E-state index in [1.54, 1.807) is 0 Å². The Morgan fingerprint density at radius 3 is 1.06 bits per heavy atom. The predicted molar refractivity (Wildman–Crippen MR) is 266 cm³/mol. The number of hydrogen-bond acceptors (Lipinski definition) is 2. The number of rotatable bonds is 6. The third-order valence-corrected chi connectivity index (χ3v) is 14.8. The Labute approximate surface area is 371 Å². The van der Waals surface area contributed by atoms with E-state index < -0.39 is 0 Å². The smallest absolute Gasteiger partial charge is 0.0468 e. The van der Waals surface area contributed by atoms with Crippen LogP contribution in [0.1, 0.15) is 74.9 Å². The second kappa shape index (κ2) is 13.4. The molecule has 0 bridgehead atoms. The number of anilines is 6. The molecule has 12 rings (SSSR count). The Bertz CT molecular complexity index is 3320. The van der Waals surface area contributed by atoms with Gasteiger partial charge in [-0.2, -0.15) is 0 Å². The van der Waals surface area contributed by atoms with E-state index in [1.807, 2.05) is 0 Å².